The Morgan fingerprint density at radius 1 is 1.10 bits per heavy atom. The van der Waals surface area contributed by atoms with E-state index >= 15 is 0 Å². The van der Waals surface area contributed by atoms with Gasteiger partial charge in [-0.3, -0.25) is 9.10 Å². The topological polar surface area (TPSA) is 92.8 Å². The SMILES string of the molecule is COC(=O)c1ccccc1NC(=O)C(C)N(c1cccc(C(F)(F)F)c1)S(C)(=O)=O. The normalized spacial score (nSPS) is 12.7. The summed E-state index contributed by atoms with van der Waals surface area (Å²) in [6.07, 6.45) is -3.91. The first-order valence-electron chi connectivity index (χ1n) is 8.51. The van der Waals surface area contributed by atoms with Gasteiger partial charge in [-0.05, 0) is 37.3 Å². The Balaban J connectivity index is 2.41. The zero-order valence-corrected chi connectivity index (χ0v) is 17.0. The number of esters is 1. The molecule has 0 aliphatic rings. The van der Waals surface area contributed by atoms with Crippen molar-refractivity contribution in [1.82, 2.24) is 0 Å². The van der Waals surface area contributed by atoms with Gasteiger partial charge in [-0.1, -0.05) is 18.2 Å². The number of anilines is 2. The molecule has 2 aromatic carbocycles. The van der Waals surface area contributed by atoms with Crippen LogP contribution in [0.4, 0.5) is 24.5 Å². The Labute approximate surface area is 171 Å². The quantitative estimate of drug-likeness (QED) is 0.691. The van der Waals surface area contributed by atoms with Crippen LogP contribution in [0.3, 0.4) is 0 Å². The number of sulfonamides is 1. The van der Waals surface area contributed by atoms with Crippen LogP contribution in [0.5, 0.6) is 0 Å². The summed E-state index contributed by atoms with van der Waals surface area (Å²) in [7, 11) is -2.98. The highest BCUT2D eigenvalue weighted by Gasteiger charge is 2.34. The number of nitrogens with one attached hydrogen (secondary N) is 1. The number of methoxy groups -OCH3 is 1. The predicted octanol–water partition coefficient (Wildman–Crippen LogP) is 3.29. The van der Waals surface area contributed by atoms with Crippen LogP contribution in [-0.4, -0.2) is 39.7 Å². The largest absolute Gasteiger partial charge is 0.465 e. The van der Waals surface area contributed by atoms with Gasteiger partial charge in [-0.15, -0.1) is 0 Å². The number of carbonyl (C=O) groups excluding carboxylic acids is 2. The molecule has 0 radical (unpaired) electrons. The van der Waals surface area contributed by atoms with Crippen LogP contribution >= 0.6 is 0 Å². The minimum atomic E-state index is -4.69. The van der Waals surface area contributed by atoms with Gasteiger partial charge < -0.3 is 10.1 Å². The van der Waals surface area contributed by atoms with Crippen LogP contribution in [0, 0.1) is 0 Å². The first kappa shape index (κ1) is 23.2. The maximum absolute atomic E-state index is 13.0. The van der Waals surface area contributed by atoms with E-state index < -0.39 is 39.7 Å². The van der Waals surface area contributed by atoms with Gasteiger partial charge in [-0.2, -0.15) is 13.2 Å². The molecule has 1 N–H and O–H groups in total. The molecule has 0 aliphatic heterocycles. The highest BCUT2D eigenvalue weighted by atomic mass is 32.2. The molecule has 162 valence electrons. The molecule has 0 heterocycles. The number of rotatable bonds is 6. The van der Waals surface area contributed by atoms with Gasteiger partial charge in [0.2, 0.25) is 15.9 Å². The van der Waals surface area contributed by atoms with Gasteiger partial charge in [-0.25, -0.2) is 13.2 Å². The summed E-state index contributed by atoms with van der Waals surface area (Å²) in [6, 6.07) is 8.10. The number of nitrogens with zero attached hydrogens (tertiary/aromatic N) is 1. The fourth-order valence-electron chi connectivity index (χ4n) is 2.75. The summed E-state index contributed by atoms with van der Waals surface area (Å²) in [5, 5.41) is 2.42. The third-order valence-corrected chi connectivity index (χ3v) is 5.35. The number of hydrogen-bond donors (Lipinski definition) is 1. The molecule has 1 unspecified atom stereocenters. The van der Waals surface area contributed by atoms with Gasteiger partial charge in [0.25, 0.3) is 0 Å². The molecular formula is C19H19F3N2O5S. The molecule has 30 heavy (non-hydrogen) atoms. The summed E-state index contributed by atoms with van der Waals surface area (Å²) >= 11 is 0. The monoisotopic (exact) mass is 444 g/mol. The molecule has 0 aromatic heterocycles. The number of carbonyl (C=O) groups is 2. The van der Waals surface area contributed by atoms with E-state index in [2.05, 4.69) is 10.1 Å². The molecule has 0 fully saturated rings. The van der Waals surface area contributed by atoms with E-state index in [1.54, 1.807) is 0 Å². The predicted molar refractivity (Wildman–Crippen MR) is 105 cm³/mol. The Morgan fingerprint density at radius 2 is 1.73 bits per heavy atom. The van der Waals surface area contributed by atoms with E-state index in [9.17, 15) is 31.2 Å². The zero-order chi connectivity index (χ0) is 22.7. The summed E-state index contributed by atoms with van der Waals surface area (Å²) in [6.45, 7) is 1.22. The standard InChI is InChI=1S/C19H19F3N2O5S/c1-12(17(25)23-16-10-5-4-9-15(16)18(26)29-2)24(30(3,27)28)14-8-6-7-13(11-14)19(20,21)22/h4-12H,1-3H3,(H,23,25). The average molecular weight is 444 g/mol. The lowest BCUT2D eigenvalue weighted by Gasteiger charge is -2.29. The smallest absolute Gasteiger partial charge is 0.416 e. The molecule has 1 atom stereocenters. The fourth-order valence-corrected chi connectivity index (χ4v) is 3.91. The van der Waals surface area contributed by atoms with Crippen molar-refractivity contribution >= 4 is 33.3 Å². The zero-order valence-electron chi connectivity index (χ0n) is 16.2. The lowest BCUT2D eigenvalue weighted by atomic mass is 10.1. The van der Waals surface area contributed by atoms with Crippen molar-refractivity contribution < 1.29 is 35.9 Å². The third kappa shape index (κ3) is 5.29. The van der Waals surface area contributed by atoms with E-state index in [0.717, 1.165) is 31.6 Å². The summed E-state index contributed by atoms with van der Waals surface area (Å²) in [5.74, 6) is -1.58. The molecule has 0 spiro atoms. The molecule has 0 bridgehead atoms. The second kappa shape index (κ2) is 8.74. The second-order valence-corrected chi connectivity index (χ2v) is 8.17. The average Bonchev–Trinajstić information content (AvgIpc) is 2.66. The number of alkyl halides is 3. The maximum atomic E-state index is 13.0. The highest BCUT2D eigenvalue weighted by molar-refractivity contribution is 7.92. The van der Waals surface area contributed by atoms with Crippen LogP contribution in [0.25, 0.3) is 0 Å². The van der Waals surface area contributed by atoms with Crippen LogP contribution < -0.4 is 9.62 Å². The molecule has 0 saturated carbocycles. The first-order valence-corrected chi connectivity index (χ1v) is 10.4. The van der Waals surface area contributed by atoms with Crippen molar-refractivity contribution in [2.24, 2.45) is 0 Å². The van der Waals surface area contributed by atoms with Crippen molar-refractivity contribution in [3.05, 3.63) is 59.7 Å². The molecule has 2 rings (SSSR count). The third-order valence-electron chi connectivity index (χ3n) is 4.11. The van der Waals surface area contributed by atoms with Crippen LogP contribution in [0.15, 0.2) is 48.5 Å². The van der Waals surface area contributed by atoms with Gasteiger partial charge >= 0.3 is 12.1 Å². The maximum Gasteiger partial charge on any atom is 0.416 e. The lowest BCUT2D eigenvalue weighted by Crippen LogP contribution is -2.45. The van der Waals surface area contributed by atoms with Gasteiger partial charge in [0.05, 0.1) is 35.9 Å². The summed E-state index contributed by atoms with van der Waals surface area (Å²) < 4.78 is 68.9. The number of amides is 1. The number of ether oxygens (including phenoxy) is 1. The van der Waals surface area contributed by atoms with Crippen molar-refractivity contribution in [3.8, 4) is 0 Å². The number of halogens is 3. The van der Waals surface area contributed by atoms with Crippen molar-refractivity contribution in [1.29, 1.82) is 0 Å². The molecule has 2 aromatic rings. The van der Waals surface area contributed by atoms with E-state index in [0.29, 0.717) is 10.4 Å². The lowest BCUT2D eigenvalue weighted by molar-refractivity contribution is -0.137. The van der Waals surface area contributed by atoms with Crippen LogP contribution in [0.2, 0.25) is 0 Å². The minimum Gasteiger partial charge on any atom is -0.465 e. The molecule has 11 heteroatoms. The summed E-state index contributed by atoms with van der Waals surface area (Å²) in [5.41, 5.74) is -1.28. The van der Waals surface area contributed by atoms with Crippen molar-refractivity contribution in [2.75, 3.05) is 23.0 Å². The van der Waals surface area contributed by atoms with E-state index in [4.69, 9.17) is 0 Å². The molecule has 0 aliphatic carbocycles. The van der Waals surface area contributed by atoms with E-state index in [1.165, 1.54) is 31.2 Å². The fraction of sp³-hybridized carbons (Fsp3) is 0.263. The summed E-state index contributed by atoms with van der Waals surface area (Å²) in [4.78, 5) is 24.6. The minimum absolute atomic E-state index is 0.0329. The van der Waals surface area contributed by atoms with Crippen molar-refractivity contribution in [3.63, 3.8) is 0 Å². The van der Waals surface area contributed by atoms with E-state index in [1.807, 2.05) is 0 Å². The molecular weight excluding hydrogens is 425 g/mol. The Kier molecular flexibility index (Phi) is 6.76. The second-order valence-electron chi connectivity index (χ2n) is 6.31. The molecule has 7 nitrogen and oxygen atoms in total. The highest BCUT2D eigenvalue weighted by Crippen LogP contribution is 2.33. The Morgan fingerprint density at radius 3 is 2.30 bits per heavy atom. The first-order chi connectivity index (χ1) is 13.9. The Hall–Kier alpha value is -3.08. The number of para-hydroxylation sites is 1. The number of benzene rings is 2. The van der Waals surface area contributed by atoms with Crippen molar-refractivity contribution in [2.45, 2.75) is 19.1 Å². The van der Waals surface area contributed by atoms with Gasteiger partial charge in [0.15, 0.2) is 0 Å². The van der Waals surface area contributed by atoms with E-state index in [-0.39, 0.29) is 16.9 Å². The van der Waals surface area contributed by atoms with Crippen LogP contribution in [0.1, 0.15) is 22.8 Å². The number of hydrogen-bond acceptors (Lipinski definition) is 5. The van der Waals surface area contributed by atoms with Gasteiger partial charge in [0, 0.05) is 0 Å². The Bertz CT molecular complexity index is 1050. The van der Waals surface area contributed by atoms with Gasteiger partial charge in [0.1, 0.15) is 6.04 Å². The van der Waals surface area contributed by atoms with Crippen LogP contribution in [-0.2, 0) is 25.7 Å². The molecule has 1 amide bonds. The molecule has 0 saturated heterocycles.